The van der Waals surface area contributed by atoms with E-state index < -0.39 is 6.10 Å². The third kappa shape index (κ3) is 1.68. The molecular weight excluding hydrogens is 180 g/mol. The van der Waals surface area contributed by atoms with Crippen molar-refractivity contribution in [2.45, 2.75) is 26.9 Å². The molecule has 1 atom stereocenters. The summed E-state index contributed by atoms with van der Waals surface area (Å²) < 4.78 is 5.06. The maximum atomic E-state index is 9.61. The maximum Gasteiger partial charge on any atom is 0.163 e. The van der Waals surface area contributed by atoms with E-state index in [1.165, 1.54) is 7.11 Å². The van der Waals surface area contributed by atoms with Crippen molar-refractivity contribution in [2.24, 2.45) is 0 Å². The lowest BCUT2D eigenvalue weighted by Gasteiger charge is -2.15. The van der Waals surface area contributed by atoms with E-state index in [1.54, 1.807) is 13.0 Å². The second kappa shape index (κ2) is 3.88. The van der Waals surface area contributed by atoms with Crippen molar-refractivity contribution in [3.8, 4) is 11.5 Å². The Balaban J connectivity index is 3.40. The summed E-state index contributed by atoms with van der Waals surface area (Å²) in [6.07, 6.45) is -0.578. The molecule has 0 aromatic heterocycles. The minimum Gasteiger partial charge on any atom is -0.504 e. The highest BCUT2D eigenvalue weighted by Gasteiger charge is 2.14. The SMILES string of the molecule is COc1c(O)cc(C(C)O)c(C)c1C. The molecule has 0 aliphatic carbocycles. The first-order valence-electron chi connectivity index (χ1n) is 4.54. The van der Waals surface area contributed by atoms with E-state index in [1.807, 2.05) is 13.8 Å². The quantitative estimate of drug-likeness (QED) is 0.761. The zero-order valence-electron chi connectivity index (χ0n) is 8.96. The van der Waals surface area contributed by atoms with Gasteiger partial charge in [0.25, 0.3) is 0 Å². The number of aliphatic hydroxyl groups is 1. The van der Waals surface area contributed by atoms with Gasteiger partial charge < -0.3 is 14.9 Å². The number of benzene rings is 1. The number of hydrogen-bond donors (Lipinski definition) is 2. The molecular formula is C11H16O3. The molecule has 0 bridgehead atoms. The van der Waals surface area contributed by atoms with Gasteiger partial charge in [0, 0.05) is 0 Å². The van der Waals surface area contributed by atoms with E-state index in [0.29, 0.717) is 5.75 Å². The number of rotatable bonds is 2. The van der Waals surface area contributed by atoms with Crippen molar-refractivity contribution in [3.05, 3.63) is 22.8 Å². The van der Waals surface area contributed by atoms with E-state index in [2.05, 4.69) is 0 Å². The summed E-state index contributed by atoms with van der Waals surface area (Å²) in [6.45, 7) is 5.44. The Labute approximate surface area is 84.0 Å². The van der Waals surface area contributed by atoms with Gasteiger partial charge in [0.1, 0.15) is 0 Å². The third-order valence-electron chi connectivity index (χ3n) is 2.52. The monoisotopic (exact) mass is 196 g/mol. The number of phenolic OH excluding ortho intramolecular Hbond substituents is 1. The van der Waals surface area contributed by atoms with Gasteiger partial charge in [-0.3, -0.25) is 0 Å². The molecule has 0 spiro atoms. The number of aliphatic hydroxyl groups excluding tert-OH is 1. The van der Waals surface area contributed by atoms with Crippen LogP contribution in [0.4, 0.5) is 0 Å². The molecule has 14 heavy (non-hydrogen) atoms. The Morgan fingerprint density at radius 2 is 1.86 bits per heavy atom. The molecule has 0 radical (unpaired) electrons. The fourth-order valence-corrected chi connectivity index (χ4v) is 1.59. The van der Waals surface area contributed by atoms with Crippen LogP contribution in [0.25, 0.3) is 0 Å². The van der Waals surface area contributed by atoms with Crippen molar-refractivity contribution in [2.75, 3.05) is 7.11 Å². The second-order valence-electron chi connectivity index (χ2n) is 3.44. The molecule has 78 valence electrons. The fourth-order valence-electron chi connectivity index (χ4n) is 1.59. The van der Waals surface area contributed by atoms with Gasteiger partial charge >= 0.3 is 0 Å². The first kappa shape index (κ1) is 10.9. The highest BCUT2D eigenvalue weighted by atomic mass is 16.5. The van der Waals surface area contributed by atoms with Gasteiger partial charge in [-0.15, -0.1) is 0 Å². The smallest absolute Gasteiger partial charge is 0.163 e. The minimum absolute atomic E-state index is 0.0755. The van der Waals surface area contributed by atoms with Crippen molar-refractivity contribution >= 4 is 0 Å². The van der Waals surface area contributed by atoms with Gasteiger partial charge in [0.2, 0.25) is 0 Å². The predicted molar refractivity (Wildman–Crippen MR) is 54.8 cm³/mol. The van der Waals surface area contributed by atoms with Crippen molar-refractivity contribution in [1.29, 1.82) is 0 Å². The highest BCUT2D eigenvalue weighted by Crippen LogP contribution is 2.36. The highest BCUT2D eigenvalue weighted by molar-refractivity contribution is 5.53. The minimum atomic E-state index is -0.578. The lowest BCUT2D eigenvalue weighted by Crippen LogP contribution is -1.99. The average Bonchev–Trinajstić information content (AvgIpc) is 2.12. The molecule has 0 heterocycles. The average molecular weight is 196 g/mol. The Kier molecular flexibility index (Phi) is 3.01. The van der Waals surface area contributed by atoms with Crippen LogP contribution in [-0.4, -0.2) is 17.3 Å². The molecule has 0 aliphatic rings. The number of phenols is 1. The summed E-state index contributed by atoms with van der Waals surface area (Å²) in [5, 5.41) is 19.1. The number of ether oxygens (including phenoxy) is 1. The molecule has 0 amide bonds. The van der Waals surface area contributed by atoms with Crippen molar-refractivity contribution in [3.63, 3.8) is 0 Å². The fraction of sp³-hybridized carbons (Fsp3) is 0.455. The Morgan fingerprint density at radius 3 is 2.29 bits per heavy atom. The number of hydrogen-bond acceptors (Lipinski definition) is 3. The molecule has 1 rings (SSSR count). The van der Waals surface area contributed by atoms with Crippen LogP contribution in [0, 0.1) is 13.8 Å². The van der Waals surface area contributed by atoms with Crippen molar-refractivity contribution < 1.29 is 14.9 Å². The first-order valence-corrected chi connectivity index (χ1v) is 4.54. The topological polar surface area (TPSA) is 49.7 Å². The van der Waals surface area contributed by atoms with Crippen LogP contribution < -0.4 is 4.74 Å². The molecule has 2 N–H and O–H groups in total. The summed E-state index contributed by atoms with van der Waals surface area (Å²) in [5.41, 5.74) is 2.55. The van der Waals surface area contributed by atoms with E-state index >= 15 is 0 Å². The van der Waals surface area contributed by atoms with E-state index in [-0.39, 0.29) is 5.75 Å². The maximum absolute atomic E-state index is 9.61. The summed E-state index contributed by atoms with van der Waals surface area (Å²) in [5.74, 6) is 0.554. The van der Waals surface area contributed by atoms with Gasteiger partial charge in [-0.1, -0.05) is 0 Å². The van der Waals surface area contributed by atoms with E-state index in [0.717, 1.165) is 16.7 Å². The van der Waals surface area contributed by atoms with Crippen LogP contribution in [0.2, 0.25) is 0 Å². The lowest BCUT2D eigenvalue weighted by molar-refractivity contribution is 0.197. The normalized spacial score (nSPS) is 12.6. The van der Waals surface area contributed by atoms with E-state index in [4.69, 9.17) is 4.74 Å². The van der Waals surface area contributed by atoms with Gasteiger partial charge in [0.15, 0.2) is 11.5 Å². The number of aromatic hydroxyl groups is 1. The molecule has 1 aromatic carbocycles. The zero-order chi connectivity index (χ0) is 10.9. The molecule has 0 fully saturated rings. The first-order chi connectivity index (χ1) is 6.49. The van der Waals surface area contributed by atoms with Gasteiger partial charge in [0.05, 0.1) is 13.2 Å². The third-order valence-corrected chi connectivity index (χ3v) is 2.52. The predicted octanol–water partition coefficient (Wildman–Crippen LogP) is 2.07. The zero-order valence-corrected chi connectivity index (χ0v) is 8.96. The lowest BCUT2D eigenvalue weighted by atomic mass is 9.98. The Morgan fingerprint density at radius 1 is 1.29 bits per heavy atom. The van der Waals surface area contributed by atoms with Crippen LogP contribution in [0.3, 0.4) is 0 Å². The van der Waals surface area contributed by atoms with Crippen LogP contribution in [0.1, 0.15) is 29.7 Å². The molecule has 0 aliphatic heterocycles. The van der Waals surface area contributed by atoms with Gasteiger partial charge in [-0.2, -0.15) is 0 Å². The summed E-state index contributed by atoms with van der Waals surface area (Å²) in [7, 11) is 1.52. The van der Waals surface area contributed by atoms with Crippen LogP contribution in [-0.2, 0) is 0 Å². The Bertz CT molecular complexity index is 343. The molecule has 1 aromatic rings. The van der Waals surface area contributed by atoms with Crippen molar-refractivity contribution in [1.82, 2.24) is 0 Å². The van der Waals surface area contributed by atoms with Gasteiger partial charge in [-0.25, -0.2) is 0 Å². The summed E-state index contributed by atoms with van der Waals surface area (Å²) >= 11 is 0. The van der Waals surface area contributed by atoms with Crippen LogP contribution >= 0.6 is 0 Å². The van der Waals surface area contributed by atoms with Crippen LogP contribution in [0.15, 0.2) is 6.07 Å². The molecule has 3 nitrogen and oxygen atoms in total. The molecule has 1 unspecified atom stereocenters. The molecule has 0 saturated heterocycles. The summed E-state index contributed by atoms with van der Waals surface area (Å²) in [6, 6.07) is 1.55. The Hall–Kier alpha value is -1.22. The standard InChI is InChI=1S/C11H16O3/c1-6-7(2)11(14-4)10(13)5-9(6)8(3)12/h5,8,12-13H,1-4H3. The largest absolute Gasteiger partial charge is 0.504 e. The number of methoxy groups -OCH3 is 1. The molecule has 0 saturated carbocycles. The summed E-state index contributed by atoms with van der Waals surface area (Å²) in [4.78, 5) is 0. The van der Waals surface area contributed by atoms with Gasteiger partial charge in [-0.05, 0) is 43.5 Å². The van der Waals surface area contributed by atoms with Crippen LogP contribution in [0.5, 0.6) is 11.5 Å². The second-order valence-corrected chi connectivity index (χ2v) is 3.44. The molecule has 3 heteroatoms. The van der Waals surface area contributed by atoms with E-state index in [9.17, 15) is 10.2 Å².